The molecule has 3 N–H and O–H groups in total. The third kappa shape index (κ3) is 3.71. The Morgan fingerprint density at radius 3 is 2.90 bits per heavy atom. The van der Waals surface area contributed by atoms with Crippen LogP contribution >= 0.6 is 0 Å². The lowest BCUT2D eigenvalue weighted by Crippen LogP contribution is -2.48. The fourth-order valence-electron chi connectivity index (χ4n) is 2.31. The highest BCUT2D eigenvalue weighted by Crippen LogP contribution is 2.23. The minimum Gasteiger partial charge on any atom is -0.463 e. The first kappa shape index (κ1) is 15.3. The molecule has 2 heterocycles. The Labute approximate surface area is 124 Å². The van der Waals surface area contributed by atoms with Gasteiger partial charge in [0.1, 0.15) is 6.04 Å². The van der Waals surface area contributed by atoms with E-state index in [-0.39, 0.29) is 18.0 Å². The number of piperidine rings is 1. The van der Waals surface area contributed by atoms with Gasteiger partial charge in [0.25, 0.3) is 0 Å². The minimum atomic E-state index is -0.370. The quantitative estimate of drug-likeness (QED) is 0.788. The predicted molar refractivity (Wildman–Crippen MR) is 79.3 cm³/mol. The first-order valence-electron chi connectivity index (χ1n) is 7.28. The van der Waals surface area contributed by atoms with Crippen molar-refractivity contribution in [1.29, 1.82) is 0 Å². The summed E-state index contributed by atoms with van der Waals surface area (Å²) in [5.41, 5.74) is 5.49. The van der Waals surface area contributed by atoms with Crippen molar-refractivity contribution < 1.29 is 9.53 Å². The van der Waals surface area contributed by atoms with Gasteiger partial charge in [0, 0.05) is 13.6 Å². The zero-order valence-corrected chi connectivity index (χ0v) is 12.5. The van der Waals surface area contributed by atoms with E-state index in [1.54, 1.807) is 7.05 Å². The van der Waals surface area contributed by atoms with Crippen LogP contribution in [0.3, 0.4) is 0 Å². The molecule has 1 saturated heterocycles. The number of nitrogens with zero attached hydrogens (tertiary/aromatic N) is 4. The van der Waals surface area contributed by atoms with E-state index in [1.807, 2.05) is 11.8 Å². The maximum Gasteiger partial charge on any atom is 0.323 e. The lowest BCUT2D eigenvalue weighted by molar-refractivity contribution is -0.119. The maximum atomic E-state index is 11.6. The predicted octanol–water partition coefficient (Wildman–Crippen LogP) is 0.546. The largest absolute Gasteiger partial charge is 0.463 e. The molecule has 0 bridgehead atoms. The number of carbonyl (C=O) groups excluding carboxylic acids is 1. The molecule has 8 nitrogen and oxygen atoms in total. The van der Waals surface area contributed by atoms with E-state index in [1.165, 1.54) is 0 Å². The number of nitrogens with one attached hydrogen (secondary N) is 1. The molecule has 2 rings (SSSR count). The molecule has 116 valence electrons. The van der Waals surface area contributed by atoms with Crippen molar-refractivity contribution in [3.63, 3.8) is 0 Å². The van der Waals surface area contributed by atoms with E-state index >= 15 is 0 Å². The highest BCUT2D eigenvalue weighted by atomic mass is 16.5. The van der Waals surface area contributed by atoms with Crippen molar-refractivity contribution in [1.82, 2.24) is 15.0 Å². The number of amides is 1. The molecule has 1 amide bonds. The van der Waals surface area contributed by atoms with Crippen LogP contribution in [0.4, 0.5) is 11.9 Å². The van der Waals surface area contributed by atoms with Gasteiger partial charge in [-0.05, 0) is 25.7 Å². The van der Waals surface area contributed by atoms with E-state index in [0.29, 0.717) is 25.0 Å². The Balaban J connectivity index is 2.29. The average Bonchev–Trinajstić information content (AvgIpc) is 2.52. The SMILES string of the molecule is CCCOc1nc(NC)nc(N2CCCCC2C(N)=O)n1. The number of carbonyl (C=O) groups is 1. The summed E-state index contributed by atoms with van der Waals surface area (Å²) in [4.78, 5) is 26.2. The van der Waals surface area contributed by atoms with Crippen LogP contribution in [0.25, 0.3) is 0 Å². The van der Waals surface area contributed by atoms with Crippen molar-refractivity contribution in [2.75, 3.05) is 30.4 Å². The molecular formula is C13H22N6O2. The maximum absolute atomic E-state index is 11.6. The standard InChI is InChI=1S/C13H22N6O2/c1-3-8-21-13-17-11(15-2)16-12(18-13)19-7-5-4-6-9(19)10(14)20/h9H,3-8H2,1-2H3,(H2,14,20)(H,15,16,17,18). The number of hydrogen-bond acceptors (Lipinski definition) is 7. The number of ether oxygens (including phenoxy) is 1. The van der Waals surface area contributed by atoms with Crippen LogP contribution < -0.4 is 20.7 Å². The van der Waals surface area contributed by atoms with Gasteiger partial charge in [-0.25, -0.2) is 0 Å². The molecule has 1 fully saturated rings. The number of hydrogen-bond donors (Lipinski definition) is 2. The zero-order chi connectivity index (χ0) is 15.2. The third-order valence-corrected chi connectivity index (χ3v) is 3.35. The Hall–Kier alpha value is -2.12. The van der Waals surface area contributed by atoms with Crippen molar-refractivity contribution in [2.24, 2.45) is 5.73 Å². The van der Waals surface area contributed by atoms with E-state index in [4.69, 9.17) is 10.5 Å². The summed E-state index contributed by atoms with van der Waals surface area (Å²) >= 11 is 0. The molecule has 1 aliphatic rings. The highest BCUT2D eigenvalue weighted by Gasteiger charge is 2.29. The van der Waals surface area contributed by atoms with Gasteiger partial charge >= 0.3 is 6.01 Å². The molecule has 1 atom stereocenters. The van der Waals surface area contributed by atoms with Crippen molar-refractivity contribution in [3.8, 4) is 6.01 Å². The van der Waals surface area contributed by atoms with Gasteiger partial charge in [0.15, 0.2) is 0 Å². The molecule has 8 heteroatoms. The second-order valence-electron chi connectivity index (χ2n) is 4.95. The Morgan fingerprint density at radius 1 is 1.43 bits per heavy atom. The molecule has 1 aromatic heterocycles. The van der Waals surface area contributed by atoms with Crippen LogP contribution in [-0.4, -0.2) is 47.1 Å². The van der Waals surface area contributed by atoms with Crippen LogP contribution in [0.2, 0.25) is 0 Å². The molecule has 1 aromatic rings. The molecule has 0 saturated carbocycles. The summed E-state index contributed by atoms with van der Waals surface area (Å²) < 4.78 is 5.48. The van der Waals surface area contributed by atoms with Gasteiger partial charge in [-0.3, -0.25) is 4.79 Å². The summed E-state index contributed by atoms with van der Waals surface area (Å²) in [6, 6.07) is -0.107. The van der Waals surface area contributed by atoms with Gasteiger partial charge in [0.05, 0.1) is 6.61 Å². The summed E-state index contributed by atoms with van der Waals surface area (Å²) in [7, 11) is 1.73. The fourth-order valence-corrected chi connectivity index (χ4v) is 2.31. The first-order valence-corrected chi connectivity index (χ1v) is 7.28. The number of anilines is 2. The second-order valence-corrected chi connectivity index (χ2v) is 4.95. The molecule has 0 spiro atoms. The number of primary amides is 1. The summed E-state index contributed by atoms with van der Waals surface area (Å²) in [6.07, 6.45) is 3.55. The summed E-state index contributed by atoms with van der Waals surface area (Å²) in [5, 5.41) is 2.88. The van der Waals surface area contributed by atoms with Crippen molar-refractivity contribution >= 4 is 17.8 Å². The van der Waals surface area contributed by atoms with Crippen LogP contribution in [0.1, 0.15) is 32.6 Å². The van der Waals surface area contributed by atoms with E-state index in [9.17, 15) is 4.79 Å². The smallest absolute Gasteiger partial charge is 0.323 e. The van der Waals surface area contributed by atoms with Gasteiger partial charge < -0.3 is 20.7 Å². The van der Waals surface area contributed by atoms with Gasteiger partial charge in [-0.15, -0.1) is 0 Å². The van der Waals surface area contributed by atoms with Gasteiger partial charge in [0.2, 0.25) is 17.8 Å². The van der Waals surface area contributed by atoms with Crippen LogP contribution in [0.5, 0.6) is 6.01 Å². The highest BCUT2D eigenvalue weighted by molar-refractivity contribution is 5.83. The van der Waals surface area contributed by atoms with E-state index < -0.39 is 0 Å². The normalized spacial score (nSPS) is 18.4. The van der Waals surface area contributed by atoms with Crippen molar-refractivity contribution in [2.45, 2.75) is 38.6 Å². The number of rotatable bonds is 6. The number of aromatic nitrogens is 3. The van der Waals surface area contributed by atoms with Crippen molar-refractivity contribution in [3.05, 3.63) is 0 Å². The molecular weight excluding hydrogens is 272 g/mol. The Morgan fingerprint density at radius 2 is 2.24 bits per heavy atom. The van der Waals surface area contributed by atoms with Crippen LogP contribution in [0, 0.1) is 0 Å². The lowest BCUT2D eigenvalue weighted by Gasteiger charge is -2.33. The molecule has 1 aliphatic heterocycles. The summed E-state index contributed by atoms with van der Waals surface area (Å²) in [6.45, 7) is 3.24. The Bertz CT molecular complexity index is 496. The van der Waals surface area contributed by atoms with Gasteiger partial charge in [-0.2, -0.15) is 15.0 Å². The van der Waals surface area contributed by atoms with Crippen LogP contribution in [0.15, 0.2) is 0 Å². The van der Waals surface area contributed by atoms with E-state index in [2.05, 4.69) is 20.3 Å². The molecule has 21 heavy (non-hydrogen) atoms. The minimum absolute atomic E-state index is 0.264. The summed E-state index contributed by atoms with van der Waals surface area (Å²) in [5.74, 6) is 0.501. The molecule has 0 radical (unpaired) electrons. The van der Waals surface area contributed by atoms with E-state index in [0.717, 1.165) is 25.7 Å². The molecule has 1 unspecified atom stereocenters. The average molecular weight is 294 g/mol. The first-order chi connectivity index (χ1) is 10.2. The third-order valence-electron chi connectivity index (χ3n) is 3.35. The zero-order valence-electron chi connectivity index (χ0n) is 12.5. The lowest BCUT2D eigenvalue weighted by atomic mass is 10.0. The fraction of sp³-hybridized carbons (Fsp3) is 0.692. The Kier molecular flexibility index (Phi) is 5.13. The van der Waals surface area contributed by atoms with Gasteiger partial charge in [-0.1, -0.05) is 6.92 Å². The number of nitrogens with two attached hydrogens (primary N) is 1. The molecule has 0 aromatic carbocycles. The second kappa shape index (κ2) is 7.05. The topological polar surface area (TPSA) is 106 Å². The monoisotopic (exact) mass is 294 g/mol. The van der Waals surface area contributed by atoms with Crippen LogP contribution in [-0.2, 0) is 4.79 Å². The molecule has 0 aliphatic carbocycles.